The van der Waals surface area contributed by atoms with Crippen LogP contribution in [0.1, 0.15) is 5.69 Å². The van der Waals surface area contributed by atoms with Gasteiger partial charge in [0.2, 0.25) is 0 Å². The second kappa shape index (κ2) is 1.97. The van der Waals surface area contributed by atoms with E-state index in [2.05, 4.69) is 16.0 Å². The smallest absolute Gasteiger partial charge is 0.0754 e. The number of hydrogen-bond donors (Lipinski definition) is 0. The average molecular weight is 131 g/mol. The number of fused-ring (bicyclic) bond motifs is 1. The first-order valence-electron chi connectivity index (χ1n) is 2.95. The summed E-state index contributed by atoms with van der Waals surface area (Å²) in [6, 6.07) is 1.90. The highest BCUT2D eigenvalue weighted by Gasteiger charge is 1.94. The van der Waals surface area contributed by atoms with Crippen LogP contribution in [0.3, 0.4) is 0 Å². The summed E-state index contributed by atoms with van der Waals surface area (Å²) in [7, 11) is 0. The van der Waals surface area contributed by atoms with E-state index in [1.807, 2.05) is 6.07 Å². The molecule has 3 nitrogen and oxygen atoms in total. The van der Waals surface area contributed by atoms with E-state index < -0.39 is 0 Å². The highest BCUT2D eigenvalue weighted by Crippen LogP contribution is 2.01. The van der Waals surface area contributed by atoms with Crippen molar-refractivity contribution in [2.75, 3.05) is 0 Å². The van der Waals surface area contributed by atoms with Gasteiger partial charge in [-0.2, -0.15) is 5.10 Å². The minimum absolute atomic E-state index is 0.998. The Morgan fingerprint density at radius 3 is 3.50 bits per heavy atom. The van der Waals surface area contributed by atoms with E-state index in [-0.39, 0.29) is 0 Å². The van der Waals surface area contributed by atoms with Gasteiger partial charge >= 0.3 is 0 Å². The highest BCUT2D eigenvalue weighted by molar-refractivity contribution is 5.78. The summed E-state index contributed by atoms with van der Waals surface area (Å²) in [5.41, 5.74) is 0.998. The van der Waals surface area contributed by atoms with Crippen molar-refractivity contribution in [3.05, 3.63) is 24.2 Å². The van der Waals surface area contributed by atoms with E-state index in [0.717, 1.165) is 5.69 Å². The minimum atomic E-state index is 0.998. The van der Waals surface area contributed by atoms with Crippen molar-refractivity contribution in [1.29, 1.82) is 0 Å². The van der Waals surface area contributed by atoms with Gasteiger partial charge in [0, 0.05) is 12.3 Å². The van der Waals surface area contributed by atoms with Gasteiger partial charge in [0.1, 0.15) is 0 Å². The molecule has 0 aliphatic carbocycles. The third kappa shape index (κ3) is 0.694. The van der Waals surface area contributed by atoms with Crippen molar-refractivity contribution in [2.45, 2.75) is 0 Å². The molecule has 0 unspecified atom stereocenters. The molecule has 1 aromatic rings. The second-order valence-electron chi connectivity index (χ2n) is 1.90. The van der Waals surface area contributed by atoms with Crippen LogP contribution in [0.4, 0.5) is 0 Å². The molecule has 0 fully saturated rings. The molecule has 48 valence electrons. The molecule has 0 amide bonds. The number of aromatic nitrogens is 2. The molecule has 10 heavy (non-hydrogen) atoms. The Morgan fingerprint density at radius 1 is 1.50 bits per heavy atom. The van der Waals surface area contributed by atoms with Crippen molar-refractivity contribution in [3.63, 3.8) is 0 Å². The second-order valence-corrected chi connectivity index (χ2v) is 1.90. The van der Waals surface area contributed by atoms with E-state index in [0.29, 0.717) is 0 Å². The van der Waals surface area contributed by atoms with E-state index in [9.17, 15) is 0 Å². The lowest BCUT2D eigenvalue weighted by atomic mass is 10.4. The maximum atomic E-state index is 4.02. The summed E-state index contributed by atoms with van der Waals surface area (Å²) < 4.78 is 1.74. The van der Waals surface area contributed by atoms with Gasteiger partial charge in [0.15, 0.2) is 0 Å². The molecule has 2 heterocycles. The fraction of sp³-hybridized carbons (Fsp3) is 0. The maximum absolute atomic E-state index is 4.02. The van der Waals surface area contributed by atoms with Crippen LogP contribution in [-0.2, 0) is 0 Å². The van der Waals surface area contributed by atoms with E-state index in [1.54, 1.807) is 29.4 Å². The van der Waals surface area contributed by atoms with Crippen LogP contribution in [0.5, 0.6) is 0 Å². The zero-order valence-corrected chi connectivity index (χ0v) is 5.23. The Bertz CT molecular complexity index is 326. The first-order chi connectivity index (χ1) is 4.97. The van der Waals surface area contributed by atoms with Gasteiger partial charge < -0.3 is 0 Å². The molecule has 0 radical (unpaired) electrons. The molecule has 1 aliphatic heterocycles. The molecule has 2 rings (SSSR count). The van der Waals surface area contributed by atoms with Crippen molar-refractivity contribution in [3.8, 4) is 0 Å². The molecular weight excluding hydrogens is 126 g/mol. The van der Waals surface area contributed by atoms with Gasteiger partial charge in [0.25, 0.3) is 0 Å². The summed E-state index contributed by atoms with van der Waals surface area (Å²) in [6.45, 7) is 0. The molecule has 0 bridgehead atoms. The Morgan fingerprint density at radius 2 is 2.50 bits per heavy atom. The van der Waals surface area contributed by atoms with Crippen LogP contribution in [-0.4, -0.2) is 15.7 Å². The average Bonchev–Trinajstić information content (AvgIpc) is 2.28. The van der Waals surface area contributed by atoms with Crippen LogP contribution in [0.2, 0.25) is 0 Å². The largest absolute Gasteiger partial charge is 0.239 e. The Labute approximate surface area is 58.0 Å². The van der Waals surface area contributed by atoms with E-state index >= 15 is 0 Å². The SMILES string of the molecule is C1=Cc2ccnn2C=CN=1. The van der Waals surface area contributed by atoms with E-state index in [1.165, 1.54) is 0 Å². The topological polar surface area (TPSA) is 30.2 Å². The van der Waals surface area contributed by atoms with Gasteiger partial charge in [-0.1, -0.05) is 0 Å². The van der Waals surface area contributed by atoms with Crippen LogP contribution in [0.25, 0.3) is 12.3 Å². The summed E-state index contributed by atoms with van der Waals surface area (Å²) in [5.74, 6) is 2.74. The van der Waals surface area contributed by atoms with Crippen molar-refractivity contribution >= 4 is 18.1 Å². The quantitative estimate of drug-likeness (QED) is 0.516. The maximum Gasteiger partial charge on any atom is 0.0754 e. The molecular formula is C7H5N3. The summed E-state index contributed by atoms with van der Waals surface area (Å²) >= 11 is 0. The Balaban J connectivity index is 2.68. The lowest BCUT2D eigenvalue weighted by Crippen LogP contribution is -1.89. The number of rotatable bonds is 0. The lowest BCUT2D eigenvalue weighted by Gasteiger charge is -1.90. The van der Waals surface area contributed by atoms with Gasteiger partial charge in [0.05, 0.1) is 18.1 Å². The van der Waals surface area contributed by atoms with Gasteiger partial charge in [-0.05, 0) is 11.9 Å². The molecule has 0 saturated heterocycles. The predicted octanol–water partition coefficient (Wildman–Crippen LogP) is 1.01. The summed E-state index contributed by atoms with van der Waals surface area (Å²) in [4.78, 5) is 3.81. The zero-order valence-electron chi connectivity index (χ0n) is 5.23. The van der Waals surface area contributed by atoms with Crippen molar-refractivity contribution < 1.29 is 0 Å². The van der Waals surface area contributed by atoms with Crippen molar-refractivity contribution in [1.82, 2.24) is 9.78 Å². The standard InChI is InChI=1S/C7H5N3/c1-3-8-5-6-10-7(1)2-4-9-10/h1-2,4-6H. The first kappa shape index (κ1) is 5.21. The normalized spacial score (nSPS) is 13.2. The molecule has 0 aromatic carbocycles. The third-order valence-corrected chi connectivity index (χ3v) is 1.27. The molecule has 1 aliphatic rings. The first-order valence-corrected chi connectivity index (χ1v) is 2.95. The Kier molecular flexibility index (Phi) is 1.03. The number of aliphatic imine (C=N–C) groups is 1. The molecule has 3 heteroatoms. The zero-order chi connectivity index (χ0) is 6.81. The molecule has 0 spiro atoms. The van der Waals surface area contributed by atoms with Crippen LogP contribution < -0.4 is 0 Å². The van der Waals surface area contributed by atoms with Crippen molar-refractivity contribution in [2.24, 2.45) is 4.99 Å². The lowest BCUT2D eigenvalue weighted by molar-refractivity contribution is 0.924. The monoisotopic (exact) mass is 131 g/mol. The fourth-order valence-electron chi connectivity index (χ4n) is 0.806. The third-order valence-electron chi connectivity index (χ3n) is 1.27. The number of hydrogen-bond acceptors (Lipinski definition) is 2. The summed E-state index contributed by atoms with van der Waals surface area (Å²) in [6.07, 6.45) is 6.96. The van der Waals surface area contributed by atoms with Gasteiger partial charge in [-0.3, -0.25) is 0 Å². The predicted molar refractivity (Wildman–Crippen MR) is 39.5 cm³/mol. The molecule has 1 aromatic heterocycles. The summed E-state index contributed by atoms with van der Waals surface area (Å²) in [5, 5.41) is 4.02. The van der Waals surface area contributed by atoms with Gasteiger partial charge in [-0.15, -0.1) is 0 Å². The van der Waals surface area contributed by atoms with Gasteiger partial charge in [-0.25, -0.2) is 9.67 Å². The number of nitrogens with zero attached hydrogens (tertiary/aromatic N) is 3. The van der Waals surface area contributed by atoms with Crippen LogP contribution in [0, 0.1) is 0 Å². The van der Waals surface area contributed by atoms with E-state index in [4.69, 9.17) is 0 Å². The minimum Gasteiger partial charge on any atom is -0.239 e. The Hall–Kier alpha value is -1.60. The molecule has 0 atom stereocenters. The highest BCUT2D eigenvalue weighted by atomic mass is 15.3. The fourth-order valence-corrected chi connectivity index (χ4v) is 0.806. The molecule has 0 N–H and O–H groups in total. The van der Waals surface area contributed by atoms with Crippen LogP contribution in [0.15, 0.2) is 23.5 Å². The molecule has 0 saturated carbocycles. The van der Waals surface area contributed by atoms with Crippen LogP contribution >= 0.6 is 0 Å².